The van der Waals surface area contributed by atoms with Crippen LogP contribution in [0.3, 0.4) is 0 Å². The van der Waals surface area contributed by atoms with Crippen molar-refractivity contribution in [3.05, 3.63) is 58.5 Å². The zero-order chi connectivity index (χ0) is 15.7. The van der Waals surface area contributed by atoms with Gasteiger partial charge >= 0.3 is 5.97 Å². The van der Waals surface area contributed by atoms with Gasteiger partial charge in [-0.25, -0.2) is 4.79 Å². The summed E-state index contributed by atoms with van der Waals surface area (Å²) in [5.41, 5.74) is 2.28. The second-order valence-corrected chi connectivity index (χ2v) is 5.38. The second-order valence-electron chi connectivity index (χ2n) is 5.38. The molecule has 114 valence electrons. The Morgan fingerprint density at radius 3 is 2.73 bits per heavy atom. The first-order valence-corrected chi connectivity index (χ1v) is 7.31. The number of nitrogens with zero attached hydrogens (tertiary/aromatic N) is 1. The summed E-state index contributed by atoms with van der Waals surface area (Å²) in [6, 6.07) is 8.60. The average molecular weight is 299 g/mol. The molecule has 2 aromatic rings. The first-order valence-electron chi connectivity index (χ1n) is 7.31. The highest BCUT2D eigenvalue weighted by atomic mass is 16.4. The van der Waals surface area contributed by atoms with Crippen molar-refractivity contribution in [3.8, 4) is 0 Å². The second kappa shape index (κ2) is 5.67. The predicted octanol–water partition coefficient (Wildman–Crippen LogP) is 2.74. The van der Waals surface area contributed by atoms with Gasteiger partial charge in [-0.15, -0.1) is 0 Å². The van der Waals surface area contributed by atoms with Gasteiger partial charge < -0.3 is 14.4 Å². The molecule has 0 unspecified atom stereocenters. The van der Waals surface area contributed by atoms with E-state index in [1.54, 1.807) is 29.2 Å². The number of furan rings is 1. The third kappa shape index (κ3) is 2.62. The quantitative estimate of drug-likeness (QED) is 0.946. The van der Waals surface area contributed by atoms with E-state index in [9.17, 15) is 9.59 Å². The van der Waals surface area contributed by atoms with Crippen molar-refractivity contribution in [2.45, 2.75) is 26.3 Å². The lowest BCUT2D eigenvalue weighted by molar-refractivity contribution is 0.0684. The molecule has 1 amide bonds. The average Bonchev–Trinajstić information content (AvgIpc) is 3.02. The maximum atomic E-state index is 12.5. The lowest BCUT2D eigenvalue weighted by Gasteiger charge is -2.28. The first-order chi connectivity index (χ1) is 10.6. The molecule has 1 aromatic carbocycles. The lowest BCUT2D eigenvalue weighted by Crippen LogP contribution is -2.35. The molecule has 1 aromatic heterocycles. The highest BCUT2D eigenvalue weighted by Gasteiger charge is 2.24. The molecule has 0 aliphatic carbocycles. The van der Waals surface area contributed by atoms with Crippen molar-refractivity contribution in [1.29, 1.82) is 0 Å². The summed E-state index contributed by atoms with van der Waals surface area (Å²) in [6.07, 6.45) is 1.41. The molecule has 1 aliphatic rings. The van der Waals surface area contributed by atoms with Gasteiger partial charge in [0.25, 0.3) is 5.91 Å². The van der Waals surface area contributed by atoms with Gasteiger partial charge in [-0.2, -0.15) is 0 Å². The van der Waals surface area contributed by atoms with Gasteiger partial charge in [-0.1, -0.05) is 13.0 Å². The number of fused-ring (bicyclic) bond motifs is 1. The number of carbonyl (C=O) groups excluding carboxylic acids is 1. The van der Waals surface area contributed by atoms with E-state index in [4.69, 9.17) is 9.52 Å². The minimum absolute atomic E-state index is 0.118. The fourth-order valence-electron chi connectivity index (χ4n) is 2.70. The first kappa shape index (κ1) is 14.4. The van der Waals surface area contributed by atoms with Crippen LogP contribution in [0.4, 0.5) is 0 Å². The van der Waals surface area contributed by atoms with Crippen molar-refractivity contribution in [1.82, 2.24) is 4.90 Å². The van der Waals surface area contributed by atoms with Crippen LogP contribution in [0.15, 0.2) is 34.7 Å². The molecule has 1 aliphatic heterocycles. The van der Waals surface area contributed by atoms with Crippen LogP contribution < -0.4 is 0 Å². The summed E-state index contributed by atoms with van der Waals surface area (Å²) in [4.78, 5) is 25.2. The van der Waals surface area contributed by atoms with Crippen LogP contribution >= 0.6 is 0 Å². The number of aromatic carboxylic acids is 1. The largest absolute Gasteiger partial charge is 0.478 e. The topological polar surface area (TPSA) is 70.8 Å². The molecule has 2 heterocycles. The van der Waals surface area contributed by atoms with Crippen LogP contribution in [0.1, 0.15) is 44.7 Å². The van der Waals surface area contributed by atoms with E-state index in [2.05, 4.69) is 0 Å². The van der Waals surface area contributed by atoms with E-state index in [1.807, 2.05) is 13.0 Å². The monoisotopic (exact) mass is 299 g/mol. The molecule has 0 atom stereocenters. The van der Waals surface area contributed by atoms with E-state index < -0.39 is 5.97 Å². The van der Waals surface area contributed by atoms with Crippen molar-refractivity contribution in [3.63, 3.8) is 0 Å². The van der Waals surface area contributed by atoms with Crippen LogP contribution in [0.25, 0.3) is 0 Å². The van der Waals surface area contributed by atoms with Crippen LogP contribution in [-0.2, 0) is 19.4 Å². The summed E-state index contributed by atoms with van der Waals surface area (Å²) < 4.78 is 5.52. The normalized spacial score (nSPS) is 13.8. The van der Waals surface area contributed by atoms with Crippen LogP contribution in [0.2, 0.25) is 0 Å². The Labute approximate surface area is 128 Å². The summed E-state index contributed by atoms with van der Waals surface area (Å²) in [5.74, 6) is 0.117. The van der Waals surface area contributed by atoms with Gasteiger partial charge in [0.2, 0.25) is 0 Å². The molecule has 22 heavy (non-hydrogen) atoms. The third-order valence-corrected chi connectivity index (χ3v) is 3.97. The molecule has 0 radical (unpaired) electrons. The van der Waals surface area contributed by atoms with Crippen molar-refractivity contribution in [2.24, 2.45) is 0 Å². The molecule has 0 bridgehead atoms. The number of carboxylic acid groups (broad SMARTS) is 1. The van der Waals surface area contributed by atoms with Crippen molar-refractivity contribution in [2.75, 3.05) is 6.54 Å². The van der Waals surface area contributed by atoms with E-state index >= 15 is 0 Å². The smallest absolute Gasteiger partial charge is 0.335 e. The summed E-state index contributed by atoms with van der Waals surface area (Å²) in [6.45, 7) is 3.03. The SMILES string of the molecule is CCc1ccc(C(=O)N2CCc3cc(C(=O)O)ccc3C2)o1. The Morgan fingerprint density at radius 2 is 2.05 bits per heavy atom. The molecule has 0 fully saturated rings. The standard InChI is InChI=1S/C17H17NO4/c1-2-14-5-6-15(22-14)16(19)18-8-7-11-9-12(17(20)21)3-4-13(11)10-18/h3-6,9H,2,7-8,10H2,1H3,(H,20,21). The predicted molar refractivity (Wildman–Crippen MR) is 79.9 cm³/mol. The molecule has 5 heteroatoms. The van der Waals surface area contributed by atoms with E-state index in [0.717, 1.165) is 23.3 Å². The number of benzene rings is 1. The van der Waals surface area contributed by atoms with Gasteiger partial charge in [0, 0.05) is 19.5 Å². The van der Waals surface area contributed by atoms with Crippen LogP contribution in [-0.4, -0.2) is 28.4 Å². The number of carboxylic acids is 1. The Kier molecular flexibility index (Phi) is 3.71. The highest BCUT2D eigenvalue weighted by Crippen LogP contribution is 2.22. The lowest BCUT2D eigenvalue weighted by atomic mass is 9.97. The van der Waals surface area contributed by atoms with Crippen molar-refractivity contribution < 1.29 is 19.1 Å². The van der Waals surface area contributed by atoms with Gasteiger partial charge in [0.1, 0.15) is 5.76 Å². The molecular formula is C17H17NO4. The summed E-state index contributed by atoms with van der Waals surface area (Å²) >= 11 is 0. The fourth-order valence-corrected chi connectivity index (χ4v) is 2.70. The molecule has 3 rings (SSSR count). The Balaban J connectivity index is 1.79. The molecule has 0 spiro atoms. The molecular weight excluding hydrogens is 282 g/mol. The summed E-state index contributed by atoms with van der Waals surface area (Å²) in [5, 5.41) is 9.02. The van der Waals surface area contributed by atoms with Gasteiger partial charge in [-0.3, -0.25) is 4.79 Å². The minimum Gasteiger partial charge on any atom is -0.478 e. The highest BCUT2D eigenvalue weighted by molar-refractivity contribution is 5.92. The molecule has 0 saturated carbocycles. The van der Waals surface area contributed by atoms with E-state index in [1.165, 1.54) is 0 Å². The number of hydrogen-bond donors (Lipinski definition) is 1. The number of rotatable bonds is 3. The number of hydrogen-bond acceptors (Lipinski definition) is 3. The molecule has 0 saturated heterocycles. The summed E-state index contributed by atoms with van der Waals surface area (Å²) in [7, 11) is 0. The fraction of sp³-hybridized carbons (Fsp3) is 0.294. The Bertz CT molecular complexity index is 732. The van der Waals surface area contributed by atoms with E-state index in [0.29, 0.717) is 25.3 Å². The molecule has 5 nitrogen and oxygen atoms in total. The van der Waals surface area contributed by atoms with Crippen molar-refractivity contribution >= 4 is 11.9 Å². The van der Waals surface area contributed by atoms with Gasteiger partial charge in [-0.05, 0) is 41.8 Å². The van der Waals surface area contributed by atoms with Gasteiger partial charge in [0.05, 0.1) is 5.56 Å². The van der Waals surface area contributed by atoms with Crippen LogP contribution in [0.5, 0.6) is 0 Å². The number of amides is 1. The Hall–Kier alpha value is -2.56. The van der Waals surface area contributed by atoms with Crippen LogP contribution in [0, 0.1) is 0 Å². The molecule has 1 N–H and O–H groups in total. The van der Waals surface area contributed by atoms with E-state index in [-0.39, 0.29) is 11.5 Å². The number of aryl methyl sites for hydroxylation is 1. The van der Waals surface area contributed by atoms with Gasteiger partial charge in [0.15, 0.2) is 5.76 Å². The maximum absolute atomic E-state index is 12.5. The zero-order valence-electron chi connectivity index (χ0n) is 12.3. The third-order valence-electron chi connectivity index (χ3n) is 3.97. The zero-order valence-corrected chi connectivity index (χ0v) is 12.3. The number of carbonyl (C=O) groups is 2. The Morgan fingerprint density at radius 1 is 1.23 bits per heavy atom. The maximum Gasteiger partial charge on any atom is 0.335 e. The minimum atomic E-state index is -0.927.